The van der Waals surface area contributed by atoms with Crippen molar-refractivity contribution in [1.82, 2.24) is 0 Å². The van der Waals surface area contributed by atoms with Crippen molar-refractivity contribution >= 4 is 17.5 Å². The molecule has 106 valence electrons. The highest BCUT2D eigenvalue weighted by atomic mass is 16.5. The molecule has 21 heavy (non-hydrogen) atoms. The number of furan rings is 1. The average molecular weight is 284 g/mol. The van der Waals surface area contributed by atoms with Crippen molar-refractivity contribution in [1.29, 1.82) is 0 Å². The van der Waals surface area contributed by atoms with Gasteiger partial charge in [0.25, 0.3) is 0 Å². The minimum atomic E-state index is -0.733. The number of rotatable bonds is 2. The Morgan fingerprint density at radius 1 is 1.14 bits per heavy atom. The number of hydrogen-bond donors (Lipinski definition) is 0. The lowest BCUT2D eigenvalue weighted by molar-refractivity contribution is 0.0521. The van der Waals surface area contributed by atoms with Crippen LogP contribution in [0.15, 0.2) is 28.7 Å². The summed E-state index contributed by atoms with van der Waals surface area (Å²) in [5.74, 6) is -1.49. The summed E-state index contributed by atoms with van der Waals surface area (Å²) in [6, 6.07) is 6.68. The van der Waals surface area contributed by atoms with Gasteiger partial charge in [0.1, 0.15) is 17.1 Å². The van der Waals surface area contributed by atoms with Gasteiger partial charge in [-0.1, -0.05) is 24.3 Å². The van der Waals surface area contributed by atoms with Gasteiger partial charge >= 0.3 is 5.97 Å². The second-order valence-electron chi connectivity index (χ2n) is 4.66. The molecule has 1 heterocycles. The number of fused-ring (bicyclic) bond motifs is 3. The molecule has 0 atom stereocenters. The molecular formula is C16H12O5. The van der Waals surface area contributed by atoms with Crippen LogP contribution in [0.1, 0.15) is 43.8 Å². The molecule has 1 aliphatic rings. The molecule has 0 amide bonds. The third-order valence-electron chi connectivity index (χ3n) is 3.41. The highest BCUT2D eigenvalue weighted by molar-refractivity contribution is 6.53. The standard InChI is InChI=1S/C16H12O5/c1-3-20-16(19)11-8(2)21-15-10-7-5-4-6-9(10)13(17)14(18)12(11)15/h4-7H,3H2,1-2H3. The normalized spacial score (nSPS) is 12.9. The summed E-state index contributed by atoms with van der Waals surface area (Å²) in [4.78, 5) is 36.5. The molecule has 1 aromatic carbocycles. The van der Waals surface area contributed by atoms with E-state index in [-0.39, 0.29) is 29.3 Å². The van der Waals surface area contributed by atoms with Crippen LogP contribution in [0.3, 0.4) is 0 Å². The average Bonchev–Trinajstić information content (AvgIpc) is 2.83. The lowest BCUT2D eigenvalue weighted by Gasteiger charge is -2.13. The van der Waals surface area contributed by atoms with Crippen LogP contribution in [-0.4, -0.2) is 24.1 Å². The molecule has 5 heteroatoms. The lowest BCUT2D eigenvalue weighted by atomic mass is 9.87. The molecule has 1 aliphatic carbocycles. The van der Waals surface area contributed by atoms with Gasteiger partial charge in [-0.05, 0) is 13.8 Å². The van der Waals surface area contributed by atoms with E-state index in [1.807, 2.05) is 0 Å². The van der Waals surface area contributed by atoms with Crippen LogP contribution in [0.25, 0.3) is 11.3 Å². The number of ether oxygens (including phenoxy) is 1. The van der Waals surface area contributed by atoms with Gasteiger partial charge in [-0.3, -0.25) is 9.59 Å². The van der Waals surface area contributed by atoms with Gasteiger partial charge in [-0.2, -0.15) is 0 Å². The summed E-state index contributed by atoms with van der Waals surface area (Å²) in [5, 5.41) is 0. The predicted octanol–water partition coefficient (Wildman–Crippen LogP) is 2.81. The Morgan fingerprint density at radius 2 is 1.81 bits per heavy atom. The highest BCUT2D eigenvalue weighted by Crippen LogP contribution is 2.38. The molecular weight excluding hydrogens is 272 g/mol. The summed E-state index contributed by atoms with van der Waals surface area (Å²) < 4.78 is 10.5. The van der Waals surface area contributed by atoms with Gasteiger partial charge in [0.15, 0.2) is 0 Å². The van der Waals surface area contributed by atoms with Crippen molar-refractivity contribution in [3.8, 4) is 11.3 Å². The van der Waals surface area contributed by atoms with Crippen LogP contribution in [0.5, 0.6) is 0 Å². The summed E-state index contributed by atoms with van der Waals surface area (Å²) in [7, 11) is 0. The molecule has 0 radical (unpaired) electrons. The number of aryl methyl sites for hydroxylation is 1. The van der Waals surface area contributed by atoms with Gasteiger partial charge in [-0.25, -0.2) is 4.79 Å². The molecule has 0 spiro atoms. The van der Waals surface area contributed by atoms with E-state index in [0.29, 0.717) is 11.1 Å². The van der Waals surface area contributed by atoms with Gasteiger partial charge in [0.2, 0.25) is 11.6 Å². The Balaban J connectivity index is 2.30. The number of carbonyl (C=O) groups excluding carboxylic acids is 3. The summed E-state index contributed by atoms with van der Waals surface area (Å²) >= 11 is 0. The molecule has 0 unspecified atom stereocenters. The first-order valence-electron chi connectivity index (χ1n) is 6.55. The fraction of sp³-hybridized carbons (Fsp3) is 0.188. The predicted molar refractivity (Wildman–Crippen MR) is 73.5 cm³/mol. The first kappa shape index (κ1) is 13.3. The fourth-order valence-electron chi connectivity index (χ4n) is 2.52. The minimum Gasteiger partial charge on any atom is -0.462 e. The maximum absolute atomic E-state index is 12.3. The monoisotopic (exact) mass is 284 g/mol. The maximum atomic E-state index is 12.3. The van der Waals surface area contributed by atoms with Crippen LogP contribution in [-0.2, 0) is 4.74 Å². The fourth-order valence-corrected chi connectivity index (χ4v) is 2.52. The number of ketones is 2. The SMILES string of the molecule is CCOC(=O)c1c(C)oc2c1C(=O)C(=O)c1ccccc1-2. The first-order valence-corrected chi connectivity index (χ1v) is 6.55. The van der Waals surface area contributed by atoms with Gasteiger partial charge < -0.3 is 9.15 Å². The van der Waals surface area contributed by atoms with Crippen LogP contribution in [0.4, 0.5) is 0 Å². The van der Waals surface area contributed by atoms with E-state index in [0.717, 1.165) is 0 Å². The van der Waals surface area contributed by atoms with E-state index < -0.39 is 17.5 Å². The molecule has 0 N–H and O–H groups in total. The molecule has 0 saturated heterocycles. The molecule has 0 bridgehead atoms. The number of Topliss-reactive ketones (excluding diaryl/α,β-unsaturated/α-hetero) is 2. The van der Waals surface area contributed by atoms with Crippen molar-refractivity contribution in [2.24, 2.45) is 0 Å². The molecule has 0 saturated carbocycles. The van der Waals surface area contributed by atoms with E-state index in [1.54, 1.807) is 38.1 Å². The second-order valence-corrected chi connectivity index (χ2v) is 4.66. The van der Waals surface area contributed by atoms with Crippen molar-refractivity contribution in [2.75, 3.05) is 6.61 Å². The van der Waals surface area contributed by atoms with Crippen LogP contribution in [0.2, 0.25) is 0 Å². The van der Waals surface area contributed by atoms with Crippen molar-refractivity contribution in [3.05, 3.63) is 46.7 Å². The Kier molecular flexibility index (Phi) is 2.97. The van der Waals surface area contributed by atoms with E-state index in [1.165, 1.54) is 0 Å². The quantitative estimate of drug-likeness (QED) is 0.626. The third kappa shape index (κ3) is 1.81. The number of carbonyl (C=O) groups is 3. The van der Waals surface area contributed by atoms with Crippen LogP contribution < -0.4 is 0 Å². The molecule has 0 fully saturated rings. The van der Waals surface area contributed by atoms with E-state index in [4.69, 9.17) is 9.15 Å². The zero-order valence-corrected chi connectivity index (χ0v) is 11.6. The third-order valence-corrected chi connectivity index (χ3v) is 3.41. The smallest absolute Gasteiger partial charge is 0.342 e. The van der Waals surface area contributed by atoms with Crippen LogP contribution >= 0.6 is 0 Å². The zero-order chi connectivity index (χ0) is 15.1. The topological polar surface area (TPSA) is 73.6 Å². The van der Waals surface area contributed by atoms with Gasteiger partial charge in [0, 0.05) is 11.1 Å². The molecule has 2 aromatic rings. The van der Waals surface area contributed by atoms with E-state index in [9.17, 15) is 14.4 Å². The van der Waals surface area contributed by atoms with Gasteiger partial charge in [0.05, 0.1) is 12.2 Å². The first-order chi connectivity index (χ1) is 10.1. The van der Waals surface area contributed by atoms with E-state index in [2.05, 4.69) is 0 Å². The molecule has 5 nitrogen and oxygen atoms in total. The zero-order valence-electron chi connectivity index (χ0n) is 11.6. The number of hydrogen-bond acceptors (Lipinski definition) is 5. The van der Waals surface area contributed by atoms with Crippen molar-refractivity contribution in [3.63, 3.8) is 0 Å². The second kappa shape index (κ2) is 4.70. The largest absolute Gasteiger partial charge is 0.462 e. The maximum Gasteiger partial charge on any atom is 0.342 e. The number of benzene rings is 1. The summed E-state index contributed by atoms with van der Waals surface area (Å²) in [6.07, 6.45) is 0. The molecule has 0 aliphatic heterocycles. The van der Waals surface area contributed by atoms with E-state index >= 15 is 0 Å². The highest BCUT2D eigenvalue weighted by Gasteiger charge is 2.38. The van der Waals surface area contributed by atoms with Gasteiger partial charge in [-0.15, -0.1) is 0 Å². The summed E-state index contributed by atoms with van der Waals surface area (Å²) in [6.45, 7) is 3.42. The molecule has 3 rings (SSSR count). The Bertz CT molecular complexity index is 782. The Labute approximate surface area is 120 Å². The van der Waals surface area contributed by atoms with Crippen molar-refractivity contribution < 1.29 is 23.5 Å². The molecule has 1 aromatic heterocycles. The minimum absolute atomic E-state index is 0.00894. The Hall–Kier alpha value is -2.69. The van der Waals surface area contributed by atoms with Crippen LogP contribution in [0, 0.1) is 6.92 Å². The van der Waals surface area contributed by atoms with Crippen molar-refractivity contribution in [2.45, 2.75) is 13.8 Å². The summed E-state index contributed by atoms with van der Waals surface area (Å²) in [5.41, 5.74) is 0.865. The Morgan fingerprint density at radius 3 is 2.48 bits per heavy atom. The number of esters is 1. The lowest BCUT2D eigenvalue weighted by Crippen LogP contribution is -2.23.